The number of rotatable bonds is 7. The van der Waals surface area contributed by atoms with E-state index in [1.165, 1.54) is 12.1 Å². The van der Waals surface area contributed by atoms with Gasteiger partial charge in [0.1, 0.15) is 17.2 Å². The van der Waals surface area contributed by atoms with Crippen LogP contribution in [-0.2, 0) is 6.54 Å². The zero-order chi connectivity index (χ0) is 29.6. The molecule has 4 heterocycles. The Hall–Kier alpha value is -3.99. The number of fused-ring (bicyclic) bond motifs is 1. The molecule has 3 aromatic heterocycles. The number of anilines is 1. The first-order chi connectivity index (χ1) is 20.1. The molecule has 42 heavy (non-hydrogen) atoms. The lowest BCUT2D eigenvalue weighted by Gasteiger charge is -2.28. The second-order valence-electron chi connectivity index (χ2n) is 12.3. The second-order valence-corrected chi connectivity index (χ2v) is 12.3. The summed E-state index contributed by atoms with van der Waals surface area (Å²) in [6, 6.07) is 9.69. The molecule has 1 amide bonds. The van der Waals surface area contributed by atoms with Gasteiger partial charge in [0.2, 0.25) is 0 Å². The molecule has 0 spiro atoms. The fourth-order valence-electron chi connectivity index (χ4n) is 6.62. The molecule has 0 radical (unpaired) electrons. The molecule has 6 rings (SSSR count). The van der Waals surface area contributed by atoms with Crippen LogP contribution in [0.3, 0.4) is 0 Å². The van der Waals surface area contributed by atoms with E-state index in [9.17, 15) is 19.1 Å². The summed E-state index contributed by atoms with van der Waals surface area (Å²) >= 11 is 0. The summed E-state index contributed by atoms with van der Waals surface area (Å²) in [6.45, 7) is 5.83. The number of carbonyl (C=O) groups excluding carboxylic acids is 1. The van der Waals surface area contributed by atoms with Crippen LogP contribution >= 0.6 is 0 Å². The Morgan fingerprint density at radius 3 is 2.69 bits per heavy atom. The van der Waals surface area contributed by atoms with E-state index < -0.39 is 11.5 Å². The number of imidazole rings is 1. The first-order valence-corrected chi connectivity index (χ1v) is 14.8. The zero-order valence-corrected chi connectivity index (χ0v) is 24.3. The first kappa shape index (κ1) is 28.1. The highest BCUT2D eigenvalue weighted by Gasteiger charge is 2.37. The van der Waals surface area contributed by atoms with Gasteiger partial charge in [-0.1, -0.05) is 31.4 Å². The van der Waals surface area contributed by atoms with Gasteiger partial charge in [-0.2, -0.15) is 0 Å². The van der Waals surface area contributed by atoms with Gasteiger partial charge in [0.15, 0.2) is 5.65 Å². The Morgan fingerprint density at radius 2 is 1.95 bits per heavy atom. The van der Waals surface area contributed by atoms with Crippen molar-refractivity contribution in [3.8, 4) is 0 Å². The molecule has 11 heteroatoms. The van der Waals surface area contributed by atoms with E-state index in [1.807, 2.05) is 18.2 Å². The van der Waals surface area contributed by atoms with Crippen LogP contribution in [0.4, 0.5) is 10.2 Å². The Balaban J connectivity index is 1.32. The highest BCUT2D eigenvalue weighted by atomic mass is 19.1. The summed E-state index contributed by atoms with van der Waals surface area (Å²) in [4.78, 5) is 34.0. The minimum atomic E-state index is -1.06. The van der Waals surface area contributed by atoms with Gasteiger partial charge in [-0.15, -0.1) is 5.10 Å². The predicted octanol–water partition coefficient (Wildman–Crippen LogP) is 4.17. The van der Waals surface area contributed by atoms with Crippen LogP contribution in [0, 0.1) is 12.7 Å². The number of amides is 1. The molecule has 4 aromatic rings. The third-order valence-corrected chi connectivity index (χ3v) is 8.52. The van der Waals surface area contributed by atoms with Crippen LogP contribution in [-0.4, -0.2) is 53.2 Å². The third kappa shape index (κ3) is 5.45. The van der Waals surface area contributed by atoms with Gasteiger partial charge in [0.25, 0.3) is 11.5 Å². The number of aromatic nitrogens is 5. The molecule has 2 aliphatic rings. The maximum atomic E-state index is 14.3. The number of hydrogen-bond donors (Lipinski definition) is 2. The Bertz CT molecular complexity index is 1660. The number of hydrogen-bond acceptors (Lipinski definition) is 6. The maximum absolute atomic E-state index is 14.3. The summed E-state index contributed by atoms with van der Waals surface area (Å²) in [6.07, 6.45) is 8.90. The number of halogens is 1. The van der Waals surface area contributed by atoms with E-state index in [0.29, 0.717) is 30.1 Å². The molecule has 0 bridgehead atoms. The fourth-order valence-corrected chi connectivity index (χ4v) is 6.62. The van der Waals surface area contributed by atoms with Crippen LogP contribution in [0.25, 0.3) is 5.65 Å². The number of nitrogens with one attached hydrogen (secondary N) is 1. The van der Waals surface area contributed by atoms with Crippen molar-refractivity contribution in [3.63, 3.8) is 0 Å². The highest BCUT2D eigenvalue weighted by molar-refractivity contribution is 5.95. The molecule has 1 aliphatic carbocycles. The van der Waals surface area contributed by atoms with E-state index in [2.05, 4.69) is 15.2 Å². The normalized spacial score (nSPS) is 20.0. The van der Waals surface area contributed by atoms with E-state index in [-0.39, 0.29) is 41.6 Å². The average Bonchev–Trinajstić information content (AvgIpc) is 3.64. The van der Waals surface area contributed by atoms with Crippen LogP contribution in [0.2, 0.25) is 0 Å². The summed E-state index contributed by atoms with van der Waals surface area (Å²) in [5.74, 6) is -0.0805. The van der Waals surface area contributed by atoms with Gasteiger partial charge in [0, 0.05) is 25.0 Å². The summed E-state index contributed by atoms with van der Waals surface area (Å²) in [5, 5.41) is 18.5. The molecule has 2 atom stereocenters. The fraction of sp³-hybridized carbons (Fsp3) is 0.484. The van der Waals surface area contributed by atoms with Crippen LogP contribution in [0.1, 0.15) is 86.1 Å². The Labute approximate surface area is 243 Å². The minimum absolute atomic E-state index is 0.00246. The van der Waals surface area contributed by atoms with Crippen molar-refractivity contribution in [1.82, 2.24) is 29.3 Å². The number of carbonyl (C=O) groups is 1. The first-order valence-electron chi connectivity index (χ1n) is 14.8. The van der Waals surface area contributed by atoms with Gasteiger partial charge in [-0.05, 0) is 69.9 Å². The van der Waals surface area contributed by atoms with E-state index >= 15 is 0 Å². The molecule has 1 saturated carbocycles. The lowest BCUT2D eigenvalue weighted by atomic mass is 9.96. The Kier molecular flexibility index (Phi) is 7.38. The molecule has 2 N–H and O–H groups in total. The molecular weight excluding hydrogens is 537 g/mol. The molecule has 222 valence electrons. The molecule has 1 aromatic carbocycles. The lowest BCUT2D eigenvalue weighted by molar-refractivity contribution is 0.0490. The van der Waals surface area contributed by atoms with Crippen molar-refractivity contribution in [1.29, 1.82) is 0 Å². The zero-order valence-electron chi connectivity index (χ0n) is 24.3. The van der Waals surface area contributed by atoms with E-state index in [0.717, 1.165) is 37.7 Å². The quantitative estimate of drug-likeness (QED) is 0.343. The Morgan fingerprint density at radius 1 is 1.17 bits per heavy atom. The van der Waals surface area contributed by atoms with Crippen molar-refractivity contribution in [2.45, 2.75) is 89.6 Å². The van der Waals surface area contributed by atoms with E-state index in [4.69, 9.17) is 5.10 Å². The second kappa shape index (κ2) is 11.0. The lowest BCUT2D eigenvalue weighted by Crippen LogP contribution is -2.40. The van der Waals surface area contributed by atoms with Crippen molar-refractivity contribution < 1.29 is 14.3 Å². The molecule has 10 nitrogen and oxygen atoms in total. The summed E-state index contributed by atoms with van der Waals surface area (Å²) in [7, 11) is 0. The van der Waals surface area contributed by atoms with Crippen molar-refractivity contribution in [3.05, 3.63) is 81.8 Å². The molecule has 0 unspecified atom stereocenters. The van der Waals surface area contributed by atoms with Gasteiger partial charge in [0.05, 0.1) is 29.9 Å². The third-order valence-electron chi connectivity index (χ3n) is 8.52. The minimum Gasteiger partial charge on any atom is -0.389 e. The van der Waals surface area contributed by atoms with Crippen molar-refractivity contribution in [2.75, 3.05) is 11.4 Å². The summed E-state index contributed by atoms with van der Waals surface area (Å²) in [5.41, 5.74) is 0.785. The largest absolute Gasteiger partial charge is 0.389 e. The topological polar surface area (TPSA) is 110 Å². The number of benzene rings is 1. The van der Waals surface area contributed by atoms with Gasteiger partial charge in [-0.25, -0.2) is 18.6 Å². The van der Waals surface area contributed by atoms with Crippen molar-refractivity contribution in [2.24, 2.45) is 0 Å². The molecular formula is C31H38FN7O3. The maximum Gasteiger partial charge on any atom is 0.280 e. The monoisotopic (exact) mass is 575 g/mol. The van der Waals surface area contributed by atoms with E-state index in [1.54, 1.807) is 53.1 Å². The molecule has 1 saturated heterocycles. The van der Waals surface area contributed by atoms with Gasteiger partial charge in [-0.3, -0.25) is 14.3 Å². The van der Waals surface area contributed by atoms with Gasteiger partial charge < -0.3 is 15.3 Å². The average molecular weight is 576 g/mol. The highest BCUT2D eigenvalue weighted by Crippen LogP contribution is 2.36. The number of aliphatic hydroxyl groups is 1. The van der Waals surface area contributed by atoms with Crippen LogP contribution in [0.15, 0.2) is 53.6 Å². The molecule has 2 fully saturated rings. The predicted molar refractivity (Wildman–Crippen MR) is 157 cm³/mol. The smallest absolute Gasteiger partial charge is 0.280 e. The van der Waals surface area contributed by atoms with Crippen LogP contribution in [0.5, 0.6) is 0 Å². The standard InChI is InChI=1S/C31H38FN7O3/c1-20-28(30(41)39(24-10-5-4-6-11-24)38(20)19-31(2,3)42)29(40)34-23-17-25(21-8-7-9-22(32)16-21)36(18-23)27-13-12-26-33-14-15-37(26)35-27/h7-9,12-16,23-25,42H,4-6,10-11,17-19H2,1-3H3,(H,34,40)/t23-,25+/m0/s1. The van der Waals surface area contributed by atoms with Gasteiger partial charge >= 0.3 is 0 Å². The molecule has 1 aliphatic heterocycles. The van der Waals surface area contributed by atoms with Crippen molar-refractivity contribution >= 4 is 17.4 Å². The number of nitrogens with zero attached hydrogens (tertiary/aromatic N) is 6. The summed E-state index contributed by atoms with van der Waals surface area (Å²) < 4.78 is 19.5. The van der Waals surface area contributed by atoms with Crippen LogP contribution < -0.4 is 15.8 Å². The SMILES string of the molecule is Cc1c(C(=O)N[C@H]2C[C@H](c3cccc(F)c3)N(c3ccc4nccn4n3)C2)c(=O)n(C2CCCCC2)n1CC(C)(C)O.